The van der Waals surface area contributed by atoms with E-state index in [1.54, 1.807) is 6.92 Å². The number of benzene rings is 2. The Hall–Kier alpha value is -3.68. The van der Waals surface area contributed by atoms with Gasteiger partial charge in [-0.25, -0.2) is 0 Å². The van der Waals surface area contributed by atoms with Crippen molar-refractivity contribution in [2.45, 2.75) is 51.6 Å². The van der Waals surface area contributed by atoms with Gasteiger partial charge in [0.05, 0.1) is 19.1 Å². The lowest BCUT2D eigenvalue weighted by Crippen LogP contribution is -2.41. The molecule has 4 rings (SSSR count). The highest BCUT2D eigenvalue weighted by Crippen LogP contribution is 2.27. The summed E-state index contributed by atoms with van der Waals surface area (Å²) in [7, 11) is 0. The minimum Gasteiger partial charge on any atom is -0.493 e. The first-order valence-corrected chi connectivity index (χ1v) is 11.6. The third-order valence-corrected chi connectivity index (χ3v) is 6.15. The summed E-state index contributed by atoms with van der Waals surface area (Å²) in [6.45, 7) is 4.28. The molecular weight excluding hydrogens is 432 g/mol. The molecule has 2 N–H and O–H groups in total. The van der Waals surface area contributed by atoms with Gasteiger partial charge in [-0.3, -0.25) is 9.59 Å². The van der Waals surface area contributed by atoms with Crippen molar-refractivity contribution in [1.82, 2.24) is 20.8 Å². The molecule has 0 radical (unpaired) electrons. The third kappa shape index (κ3) is 6.01. The maximum Gasteiger partial charge on any atom is 0.247 e. The number of ether oxygens (including phenoxy) is 1. The average molecular weight is 463 g/mol. The number of nitrogens with zero attached hydrogens (tertiary/aromatic N) is 2. The quantitative estimate of drug-likeness (QED) is 0.474. The molecule has 0 unspecified atom stereocenters. The Morgan fingerprint density at radius 3 is 2.38 bits per heavy atom. The highest BCUT2D eigenvalue weighted by atomic mass is 16.5. The Balaban J connectivity index is 1.46. The number of nitrogens with one attached hydrogen (secondary N) is 2. The van der Waals surface area contributed by atoms with Gasteiger partial charge in [0.1, 0.15) is 11.8 Å². The van der Waals surface area contributed by atoms with Crippen LogP contribution in [0.2, 0.25) is 0 Å². The lowest BCUT2D eigenvalue weighted by Gasteiger charge is -2.25. The molecule has 178 valence electrons. The van der Waals surface area contributed by atoms with E-state index in [0.717, 1.165) is 11.3 Å². The Kier molecular flexibility index (Phi) is 7.57. The fraction of sp³-hybridized carbons (Fsp3) is 0.385. The molecule has 8 heteroatoms. The summed E-state index contributed by atoms with van der Waals surface area (Å²) in [6, 6.07) is 15.9. The molecule has 2 atom stereocenters. The molecule has 0 saturated heterocycles. The number of aryl methyl sites for hydroxylation is 1. The second-order valence-electron chi connectivity index (χ2n) is 8.68. The minimum atomic E-state index is -0.886. The van der Waals surface area contributed by atoms with Crippen LogP contribution in [-0.2, 0) is 16.1 Å². The van der Waals surface area contributed by atoms with Crippen LogP contribution < -0.4 is 15.4 Å². The molecule has 1 saturated carbocycles. The van der Waals surface area contributed by atoms with Gasteiger partial charge in [-0.1, -0.05) is 48.9 Å². The van der Waals surface area contributed by atoms with E-state index in [4.69, 9.17) is 9.15 Å². The van der Waals surface area contributed by atoms with Crippen molar-refractivity contribution < 1.29 is 18.7 Å². The van der Waals surface area contributed by atoms with E-state index in [1.807, 2.05) is 61.5 Å². The number of carbonyl (C=O) groups excluding carboxylic acids is 2. The van der Waals surface area contributed by atoms with E-state index in [9.17, 15) is 9.59 Å². The summed E-state index contributed by atoms with van der Waals surface area (Å²) < 4.78 is 11.2. The number of hydrogen-bond donors (Lipinski definition) is 2. The number of hydrogen-bond acceptors (Lipinski definition) is 6. The molecule has 8 nitrogen and oxygen atoms in total. The molecule has 0 bridgehead atoms. The lowest BCUT2D eigenvalue weighted by molar-refractivity contribution is -0.129. The van der Waals surface area contributed by atoms with Crippen molar-refractivity contribution in [1.29, 1.82) is 0 Å². The summed E-state index contributed by atoms with van der Waals surface area (Å²) in [5, 5.41) is 13.4. The van der Waals surface area contributed by atoms with Crippen LogP contribution in [0.15, 0.2) is 59.0 Å². The van der Waals surface area contributed by atoms with Crippen LogP contribution >= 0.6 is 0 Å². The summed E-state index contributed by atoms with van der Waals surface area (Å²) in [5.41, 5.74) is 1.53. The summed E-state index contributed by atoms with van der Waals surface area (Å²) in [6.07, 6.45) is 3.70. The molecular formula is C26H30N4O4. The molecule has 0 aliphatic heterocycles. The van der Waals surface area contributed by atoms with Gasteiger partial charge >= 0.3 is 0 Å². The van der Waals surface area contributed by atoms with Crippen LogP contribution in [0.5, 0.6) is 5.75 Å². The Morgan fingerprint density at radius 1 is 1.03 bits per heavy atom. The van der Waals surface area contributed by atoms with Gasteiger partial charge in [-0.2, -0.15) is 0 Å². The van der Waals surface area contributed by atoms with E-state index in [-0.39, 0.29) is 18.4 Å². The van der Waals surface area contributed by atoms with Gasteiger partial charge in [0.2, 0.25) is 23.6 Å². The van der Waals surface area contributed by atoms with Gasteiger partial charge in [0, 0.05) is 6.92 Å². The monoisotopic (exact) mass is 462 g/mol. The molecule has 1 heterocycles. The highest BCUT2D eigenvalue weighted by Gasteiger charge is 2.26. The van der Waals surface area contributed by atoms with Crippen molar-refractivity contribution in [3.63, 3.8) is 0 Å². The SMILES string of the molecule is Cc1nnc(CNC(=O)[C@H](NC(=O)[C@@H](C)c2ccccc2)c2ccc(OCC3CCC3)cc2)o1. The minimum absolute atomic E-state index is 0.0723. The predicted molar refractivity (Wildman–Crippen MR) is 126 cm³/mol. The van der Waals surface area contributed by atoms with Crippen molar-refractivity contribution in [3.8, 4) is 5.75 Å². The summed E-state index contributed by atoms with van der Waals surface area (Å²) in [4.78, 5) is 26.2. The molecule has 2 amide bonds. The van der Waals surface area contributed by atoms with E-state index in [0.29, 0.717) is 29.9 Å². The molecule has 1 aliphatic rings. The Bertz CT molecular complexity index is 1090. The first-order valence-electron chi connectivity index (χ1n) is 11.6. The van der Waals surface area contributed by atoms with Gasteiger partial charge in [0.15, 0.2) is 0 Å². The second kappa shape index (κ2) is 11.0. The number of amides is 2. The maximum atomic E-state index is 13.1. The number of carbonyl (C=O) groups is 2. The smallest absolute Gasteiger partial charge is 0.247 e. The van der Waals surface area contributed by atoms with E-state index >= 15 is 0 Å². The first kappa shape index (κ1) is 23.5. The van der Waals surface area contributed by atoms with Crippen LogP contribution in [0.3, 0.4) is 0 Å². The second-order valence-corrected chi connectivity index (χ2v) is 8.68. The zero-order valence-electron chi connectivity index (χ0n) is 19.5. The average Bonchev–Trinajstić information content (AvgIpc) is 3.25. The molecule has 1 aromatic heterocycles. The predicted octanol–water partition coefficient (Wildman–Crippen LogP) is 3.83. The molecule has 1 aliphatic carbocycles. The van der Waals surface area contributed by atoms with Crippen LogP contribution in [0, 0.1) is 12.8 Å². The zero-order chi connectivity index (χ0) is 23.9. The lowest BCUT2D eigenvalue weighted by atomic mass is 9.86. The first-order chi connectivity index (χ1) is 16.5. The van der Waals surface area contributed by atoms with E-state index in [2.05, 4.69) is 20.8 Å². The van der Waals surface area contributed by atoms with Gasteiger partial charge in [-0.05, 0) is 48.9 Å². The van der Waals surface area contributed by atoms with Crippen molar-refractivity contribution in [2.24, 2.45) is 5.92 Å². The van der Waals surface area contributed by atoms with Crippen molar-refractivity contribution in [2.75, 3.05) is 6.61 Å². The van der Waals surface area contributed by atoms with Crippen LogP contribution in [0.1, 0.15) is 61.1 Å². The fourth-order valence-corrected chi connectivity index (χ4v) is 3.76. The largest absolute Gasteiger partial charge is 0.493 e. The van der Waals surface area contributed by atoms with Crippen LogP contribution in [0.25, 0.3) is 0 Å². The number of rotatable bonds is 10. The zero-order valence-corrected chi connectivity index (χ0v) is 19.5. The van der Waals surface area contributed by atoms with Crippen LogP contribution in [-0.4, -0.2) is 28.6 Å². The van der Waals surface area contributed by atoms with Gasteiger partial charge in [0.25, 0.3) is 0 Å². The Labute approximate surface area is 199 Å². The van der Waals surface area contributed by atoms with Crippen molar-refractivity contribution in [3.05, 3.63) is 77.5 Å². The Morgan fingerprint density at radius 2 is 1.76 bits per heavy atom. The van der Waals surface area contributed by atoms with E-state index in [1.165, 1.54) is 19.3 Å². The molecule has 1 fully saturated rings. The third-order valence-electron chi connectivity index (χ3n) is 6.15. The maximum absolute atomic E-state index is 13.1. The standard InChI is InChI=1S/C26H30N4O4/c1-17(20-9-4-3-5-10-20)25(31)28-24(26(32)27-15-23-30-29-18(2)34-23)21-11-13-22(14-12-21)33-16-19-7-6-8-19/h3-5,9-14,17,19,24H,6-8,15-16H2,1-2H3,(H,27,32)(H,28,31)/t17-,24+/m0/s1. The molecule has 3 aromatic rings. The molecule has 2 aromatic carbocycles. The summed E-state index contributed by atoms with van der Waals surface area (Å²) in [5.74, 6) is 1.07. The molecule has 0 spiro atoms. The molecule has 34 heavy (non-hydrogen) atoms. The topological polar surface area (TPSA) is 106 Å². The normalized spacial score (nSPS) is 15.1. The van der Waals surface area contributed by atoms with Crippen LogP contribution in [0.4, 0.5) is 0 Å². The number of aromatic nitrogens is 2. The van der Waals surface area contributed by atoms with Gasteiger partial charge in [-0.15, -0.1) is 10.2 Å². The fourth-order valence-electron chi connectivity index (χ4n) is 3.76. The van der Waals surface area contributed by atoms with E-state index < -0.39 is 12.0 Å². The summed E-state index contributed by atoms with van der Waals surface area (Å²) >= 11 is 0. The van der Waals surface area contributed by atoms with Gasteiger partial charge < -0.3 is 19.8 Å². The van der Waals surface area contributed by atoms with Crippen molar-refractivity contribution >= 4 is 11.8 Å². The highest BCUT2D eigenvalue weighted by molar-refractivity contribution is 5.91.